The summed E-state index contributed by atoms with van der Waals surface area (Å²) in [4.78, 5) is 71.4. The Morgan fingerprint density at radius 3 is 2.12 bits per heavy atom. The first kappa shape index (κ1) is 35.3. The Balaban J connectivity index is 1.18. The van der Waals surface area contributed by atoms with Crippen LogP contribution in [0.4, 0.5) is 0 Å². The van der Waals surface area contributed by atoms with Crippen molar-refractivity contribution in [1.29, 1.82) is 10.5 Å². The Kier molecular flexibility index (Phi) is 7.94. The summed E-state index contributed by atoms with van der Waals surface area (Å²) in [6, 6.07) is 26.4. The molecule has 0 aliphatic heterocycles. The van der Waals surface area contributed by atoms with Gasteiger partial charge in [-0.2, -0.15) is 10.5 Å². The zero-order valence-corrected chi connectivity index (χ0v) is 31.0. The molecule has 0 atom stereocenters. The van der Waals surface area contributed by atoms with Crippen LogP contribution in [0.3, 0.4) is 0 Å². The van der Waals surface area contributed by atoms with Crippen molar-refractivity contribution in [2.75, 3.05) is 0 Å². The maximum absolute atomic E-state index is 14.8. The fourth-order valence-electron chi connectivity index (χ4n) is 7.70. The summed E-state index contributed by atoms with van der Waals surface area (Å²) in [5.41, 5.74) is -0.0288. The summed E-state index contributed by atoms with van der Waals surface area (Å²) in [7, 11) is 0. The third-order valence-corrected chi connectivity index (χ3v) is 10.4. The summed E-state index contributed by atoms with van der Waals surface area (Å²) < 4.78 is 4.46. The maximum Gasteiger partial charge on any atom is 0.333 e. The summed E-state index contributed by atoms with van der Waals surface area (Å²) in [5.74, 6) is 0. The highest BCUT2D eigenvalue weighted by Crippen LogP contribution is 2.28. The minimum absolute atomic E-state index is 0.0308. The van der Waals surface area contributed by atoms with Crippen LogP contribution in [0.2, 0.25) is 0 Å². The van der Waals surface area contributed by atoms with E-state index in [1.807, 2.05) is 12.1 Å². The first-order chi connectivity index (χ1) is 29.3. The molecule has 18 heteroatoms. The first-order valence-corrected chi connectivity index (χ1v) is 18.2. The summed E-state index contributed by atoms with van der Waals surface area (Å²) in [6.45, 7) is 1.55. The highest BCUT2D eigenvalue weighted by molar-refractivity contribution is 5.92. The highest BCUT2D eigenvalue weighted by atomic mass is 16.2. The smallest absolute Gasteiger partial charge is 0.309 e. The molecule has 0 saturated heterocycles. The Hall–Kier alpha value is -9.16. The van der Waals surface area contributed by atoms with E-state index in [0.29, 0.717) is 43.7 Å². The highest BCUT2D eigenvalue weighted by Gasteiger charge is 2.25. The molecule has 10 rings (SSSR count). The van der Waals surface area contributed by atoms with E-state index >= 15 is 0 Å². The molecule has 6 heterocycles. The van der Waals surface area contributed by atoms with Gasteiger partial charge in [0.05, 0.1) is 46.1 Å². The molecule has 0 amide bonds. The van der Waals surface area contributed by atoms with Crippen LogP contribution >= 0.6 is 0 Å². The predicted molar refractivity (Wildman–Crippen MR) is 218 cm³/mol. The van der Waals surface area contributed by atoms with Crippen LogP contribution in [0.15, 0.2) is 123 Å². The van der Waals surface area contributed by atoms with E-state index in [4.69, 9.17) is 0 Å². The number of H-pyrrole nitrogens is 2. The van der Waals surface area contributed by atoms with Gasteiger partial charge in [0.25, 0.3) is 11.1 Å². The van der Waals surface area contributed by atoms with E-state index < -0.39 is 22.5 Å². The molecule has 0 aliphatic carbocycles. The Bertz CT molecular complexity index is 3800. The SMILES string of the molecule is Cc1[nH]c(=O)n(-c2cncc3c(Cc4[nH]c(=O)n(-c5cncc6ccccc56)c(=O)c4-n4nnc5c(C#N)cccc54)cccc23)c(=O)c1-n1nnc2cccc(C#N)c21. The quantitative estimate of drug-likeness (QED) is 0.246. The molecule has 60 heavy (non-hydrogen) atoms. The molecule has 286 valence electrons. The van der Waals surface area contributed by atoms with Crippen LogP contribution in [-0.2, 0) is 6.42 Å². The van der Waals surface area contributed by atoms with E-state index in [1.54, 1.807) is 86.0 Å². The molecule has 0 spiro atoms. The minimum Gasteiger partial charge on any atom is -0.309 e. The molecular weight excluding hydrogens is 765 g/mol. The largest absolute Gasteiger partial charge is 0.333 e. The van der Waals surface area contributed by atoms with E-state index in [1.165, 1.54) is 21.8 Å². The van der Waals surface area contributed by atoms with Crippen molar-refractivity contribution in [3.05, 3.63) is 173 Å². The van der Waals surface area contributed by atoms with Crippen molar-refractivity contribution in [3.8, 4) is 34.9 Å². The number of aryl methyl sites for hydroxylation is 1. The van der Waals surface area contributed by atoms with E-state index in [0.717, 1.165) is 9.13 Å². The zero-order valence-electron chi connectivity index (χ0n) is 31.0. The minimum atomic E-state index is -0.751. The number of aromatic amines is 2. The van der Waals surface area contributed by atoms with Crippen LogP contribution in [0, 0.1) is 29.6 Å². The van der Waals surface area contributed by atoms with Crippen LogP contribution in [-0.4, -0.2) is 59.1 Å². The number of benzene rings is 4. The van der Waals surface area contributed by atoms with Crippen molar-refractivity contribution in [2.45, 2.75) is 13.3 Å². The fraction of sp³-hybridized carbons (Fsp3) is 0.0476. The number of aromatic nitrogens is 12. The van der Waals surface area contributed by atoms with Crippen molar-refractivity contribution >= 4 is 43.6 Å². The van der Waals surface area contributed by atoms with Crippen molar-refractivity contribution in [3.63, 3.8) is 0 Å². The molecule has 0 fully saturated rings. The summed E-state index contributed by atoms with van der Waals surface area (Å²) in [6.07, 6.45) is 5.93. The van der Waals surface area contributed by atoms with Gasteiger partial charge >= 0.3 is 11.4 Å². The van der Waals surface area contributed by atoms with Crippen molar-refractivity contribution in [1.82, 2.24) is 59.1 Å². The van der Waals surface area contributed by atoms with Gasteiger partial charge < -0.3 is 9.97 Å². The lowest BCUT2D eigenvalue weighted by molar-refractivity contribution is 0.755. The fourth-order valence-corrected chi connectivity index (χ4v) is 7.70. The van der Waals surface area contributed by atoms with Crippen LogP contribution in [0.1, 0.15) is 28.1 Å². The van der Waals surface area contributed by atoms with Crippen LogP contribution in [0.25, 0.3) is 66.4 Å². The summed E-state index contributed by atoms with van der Waals surface area (Å²) >= 11 is 0. The topological polar surface area (TPSA) is 244 Å². The number of fused-ring (bicyclic) bond motifs is 4. The van der Waals surface area contributed by atoms with Gasteiger partial charge in [-0.05, 0) is 36.8 Å². The van der Waals surface area contributed by atoms with Gasteiger partial charge in [-0.3, -0.25) is 19.6 Å². The van der Waals surface area contributed by atoms with Gasteiger partial charge in [0.1, 0.15) is 28.7 Å². The molecule has 6 aromatic heterocycles. The van der Waals surface area contributed by atoms with Crippen LogP contribution < -0.4 is 22.5 Å². The number of nitrogens with one attached hydrogen (secondary N) is 2. The molecule has 10 aromatic rings. The number of nitrogens with zero attached hydrogens (tertiary/aromatic N) is 12. The van der Waals surface area contributed by atoms with E-state index in [2.05, 4.69) is 52.7 Å². The second-order valence-electron chi connectivity index (χ2n) is 13.7. The van der Waals surface area contributed by atoms with E-state index in [-0.39, 0.29) is 57.2 Å². The number of hydrogen-bond acceptors (Lipinski definition) is 12. The average Bonchev–Trinajstić information content (AvgIpc) is 3.89. The van der Waals surface area contributed by atoms with E-state index in [9.17, 15) is 29.7 Å². The molecule has 0 aliphatic rings. The molecular formula is C42H24N14O4. The molecule has 0 radical (unpaired) electrons. The second-order valence-corrected chi connectivity index (χ2v) is 13.7. The first-order valence-electron chi connectivity index (χ1n) is 18.2. The number of pyridine rings is 2. The predicted octanol–water partition coefficient (Wildman–Crippen LogP) is 3.57. The van der Waals surface area contributed by atoms with Gasteiger partial charge in [0, 0.05) is 46.1 Å². The van der Waals surface area contributed by atoms with Gasteiger partial charge in [-0.1, -0.05) is 65.0 Å². The molecule has 18 nitrogen and oxygen atoms in total. The van der Waals surface area contributed by atoms with Crippen molar-refractivity contribution in [2.24, 2.45) is 0 Å². The molecule has 0 unspecified atom stereocenters. The number of para-hydroxylation sites is 1. The molecule has 0 saturated carbocycles. The molecule has 4 aromatic carbocycles. The Labute approximate surface area is 334 Å². The molecule has 2 N–H and O–H groups in total. The molecule has 0 bridgehead atoms. The third kappa shape index (κ3) is 5.26. The van der Waals surface area contributed by atoms with Gasteiger partial charge in [-0.15, -0.1) is 10.2 Å². The summed E-state index contributed by atoms with van der Waals surface area (Å²) in [5, 5.41) is 38.8. The zero-order chi connectivity index (χ0) is 41.2. The second kappa shape index (κ2) is 13.5. The Morgan fingerprint density at radius 1 is 0.633 bits per heavy atom. The third-order valence-electron chi connectivity index (χ3n) is 10.4. The average molecular weight is 789 g/mol. The van der Waals surface area contributed by atoms with Crippen LogP contribution in [0.5, 0.6) is 0 Å². The lowest BCUT2D eigenvalue weighted by atomic mass is 10.0. The number of hydrogen-bond donors (Lipinski definition) is 2. The van der Waals surface area contributed by atoms with Gasteiger partial charge in [-0.25, -0.2) is 28.1 Å². The number of nitriles is 2. The maximum atomic E-state index is 14.8. The van der Waals surface area contributed by atoms with Gasteiger partial charge in [0.2, 0.25) is 0 Å². The lowest BCUT2D eigenvalue weighted by Crippen LogP contribution is -2.38. The normalized spacial score (nSPS) is 11.4. The Morgan fingerprint density at radius 2 is 1.30 bits per heavy atom. The number of rotatable bonds is 6. The van der Waals surface area contributed by atoms with Gasteiger partial charge in [0.15, 0.2) is 11.4 Å². The lowest BCUT2D eigenvalue weighted by Gasteiger charge is -2.16. The monoisotopic (exact) mass is 788 g/mol. The van der Waals surface area contributed by atoms with Crippen molar-refractivity contribution < 1.29 is 0 Å². The standard InChI is InChI=1S/C42H24N14O4/c1-22-36(56-37-25(17-44)10-5-13-30(37)49-51-56)39(57)54(41(59)47-22)34-21-46-19-29-23(8-4-12-28(29)34)15-31-38(55-32-14-6-9-24(16-43)35(32)50-52-55)40(58)53(42(60)48-31)33-20-45-18-26-7-2-3-11-27(26)33/h2-14,18-21H,15H2,1H3,(H,47,59)(H,48,60).